The molecule has 0 aromatic heterocycles. The second kappa shape index (κ2) is 9.63. The van der Waals surface area contributed by atoms with E-state index in [0.29, 0.717) is 28.1 Å². The molecule has 4 aromatic carbocycles. The molecule has 37 heavy (non-hydrogen) atoms. The molecule has 1 saturated heterocycles. The highest BCUT2D eigenvalue weighted by Gasteiger charge is 2.47. The summed E-state index contributed by atoms with van der Waals surface area (Å²) in [6.07, 6.45) is -0.0715. The predicted octanol–water partition coefficient (Wildman–Crippen LogP) is 6.12. The molecule has 1 atom stereocenters. The van der Waals surface area contributed by atoms with Crippen molar-refractivity contribution in [3.05, 3.63) is 113 Å². The molecule has 0 spiro atoms. The molecule has 6 heteroatoms. The van der Waals surface area contributed by atoms with Crippen molar-refractivity contribution in [3.63, 3.8) is 0 Å². The summed E-state index contributed by atoms with van der Waals surface area (Å²) in [5, 5.41) is 22.6. The molecule has 0 saturated carbocycles. The molecule has 1 heterocycles. The van der Waals surface area contributed by atoms with Crippen LogP contribution < -0.4 is 9.64 Å². The Morgan fingerprint density at radius 2 is 1.65 bits per heavy atom. The first-order chi connectivity index (χ1) is 17.9. The number of aliphatic hydroxyl groups is 1. The molecule has 1 unspecified atom stereocenters. The highest BCUT2D eigenvalue weighted by atomic mass is 16.5. The minimum Gasteiger partial charge on any atom is -0.507 e. The van der Waals surface area contributed by atoms with Crippen LogP contribution in [0.4, 0.5) is 5.69 Å². The summed E-state index contributed by atoms with van der Waals surface area (Å²) in [5.41, 5.74) is 1.92. The van der Waals surface area contributed by atoms with E-state index >= 15 is 0 Å². The van der Waals surface area contributed by atoms with Crippen molar-refractivity contribution in [2.24, 2.45) is 0 Å². The van der Waals surface area contributed by atoms with Gasteiger partial charge in [0.1, 0.15) is 11.5 Å². The minimum atomic E-state index is -0.893. The number of rotatable bonds is 5. The normalized spacial score (nSPS) is 16.8. The van der Waals surface area contributed by atoms with E-state index in [1.54, 1.807) is 60.7 Å². The van der Waals surface area contributed by atoms with Gasteiger partial charge in [0.15, 0.2) is 0 Å². The average Bonchev–Trinajstić information content (AvgIpc) is 3.18. The second-order valence-corrected chi connectivity index (χ2v) is 9.13. The van der Waals surface area contributed by atoms with Gasteiger partial charge in [-0.15, -0.1) is 0 Å². The highest BCUT2D eigenvalue weighted by Crippen LogP contribution is 2.43. The lowest BCUT2D eigenvalue weighted by Gasteiger charge is -2.26. The largest absolute Gasteiger partial charge is 0.507 e. The first-order valence-corrected chi connectivity index (χ1v) is 11.9. The van der Waals surface area contributed by atoms with Crippen LogP contribution in [0.25, 0.3) is 16.5 Å². The van der Waals surface area contributed by atoms with E-state index in [2.05, 4.69) is 6.07 Å². The van der Waals surface area contributed by atoms with Gasteiger partial charge in [-0.3, -0.25) is 14.5 Å². The Morgan fingerprint density at radius 1 is 0.919 bits per heavy atom. The van der Waals surface area contributed by atoms with Crippen LogP contribution in [0.1, 0.15) is 36.6 Å². The van der Waals surface area contributed by atoms with Crippen molar-refractivity contribution in [2.75, 3.05) is 4.90 Å². The lowest BCUT2D eigenvalue weighted by molar-refractivity contribution is -0.132. The maximum atomic E-state index is 13.4. The number of fused-ring (bicyclic) bond motifs is 1. The maximum absolute atomic E-state index is 13.4. The van der Waals surface area contributed by atoms with E-state index < -0.39 is 17.7 Å². The maximum Gasteiger partial charge on any atom is 0.300 e. The molecular weight excluding hydrogens is 464 g/mol. The summed E-state index contributed by atoms with van der Waals surface area (Å²) >= 11 is 0. The molecule has 6 nitrogen and oxygen atoms in total. The SMILES string of the molecule is CC(C)Oc1cccc(C2/C(=C(/O)c3ccc4ccccc4c3)C(=O)C(=O)N2c2ccc(C#N)cc2)c1. The third-order valence-electron chi connectivity index (χ3n) is 6.29. The van der Waals surface area contributed by atoms with Gasteiger partial charge in [-0.25, -0.2) is 0 Å². The van der Waals surface area contributed by atoms with Crippen LogP contribution in [0.5, 0.6) is 5.75 Å². The summed E-state index contributed by atoms with van der Waals surface area (Å²) in [7, 11) is 0. The predicted molar refractivity (Wildman–Crippen MR) is 142 cm³/mol. The molecule has 1 amide bonds. The number of carbonyl (C=O) groups excluding carboxylic acids is 2. The van der Waals surface area contributed by atoms with Gasteiger partial charge in [-0.05, 0) is 72.6 Å². The summed E-state index contributed by atoms with van der Waals surface area (Å²) in [4.78, 5) is 28.2. The Labute approximate surface area is 214 Å². The van der Waals surface area contributed by atoms with Crippen LogP contribution in [0.15, 0.2) is 96.6 Å². The molecule has 0 bridgehead atoms. The van der Waals surface area contributed by atoms with Crippen molar-refractivity contribution < 1.29 is 19.4 Å². The van der Waals surface area contributed by atoms with Gasteiger partial charge in [0.05, 0.1) is 29.4 Å². The van der Waals surface area contributed by atoms with E-state index in [1.165, 1.54) is 4.90 Å². The van der Waals surface area contributed by atoms with Gasteiger partial charge in [-0.2, -0.15) is 5.26 Å². The van der Waals surface area contributed by atoms with Crippen LogP contribution in [0, 0.1) is 11.3 Å². The molecule has 5 rings (SSSR count). The first kappa shape index (κ1) is 23.8. The van der Waals surface area contributed by atoms with Crippen LogP contribution in [0.3, 0.4) is 0 Å². The third kappa shape index (κ3) is 4.43. The summed E-state index contributed by atoms with van der Waals surface area (Å²) < 4.78 is 5.86. The zero-order valence-corrected chi connectivity index (χ0v) is 20.4. The lowest BCUT2D eigenvalue weighted by Crippen LogP contribution is -2.29. The zero-order valence-electron chi connectivity index (χ0n) is 20.4. The van der Waals surface area contributed by atoms with E-state index in [-0.39, 0.29) is 17.4 Å². The molecule has 1 aliphatic rings. The Bertz CT molecular complexity index is 1600. The monoisotopic (exact) mass is 488 g/mol. The Hall–Kier alpha value is -4.89. The Kier molecular flexibility index (Phi) is 6.21. The number of amides is 1. The quantitative estimate of drug-likeness (QED) is 0.207. The molecular formula is C31H24N2O4. The van der Waals surface area contributed by atoms with Gasteiger partial charge in [0, 0.05) is 11.3 Å². The van der Waals surface area contributed by atoms with Crippen LogP contribution in [-0.4, -0.2) is 22.9 Å². The summed E-state index contributed by atoms with van der Waals surface area (Å²) in [6, 6.07) is 27.9. The molecule has 0 aliphatic carbocycles. The average molecular weight is 489 g/mol. The molecule has 1 aliphatic heterocycles. The Morgan fingerprint density at radius 3 is 2.35 bits per heavy atom. The Balaban J connectivity index is 1.71. The van der Waals surface area contributed by atoms with E-state index in [4.69, 9.17) is 4.74 Å². The van der Waals surface area contributed by atoms with E-state index in [1.807, 2.05) is 44.2 Å². The number of benzene rings is 4. The van der Waals surface area contributed by atoms with Crippen LogP contribution >= 0.6 is 0 Å². The smallest absolute Gasteiger partial charge is 0.300 e. The molecule has 0 radical (unpaired) electrons. The van der Waals surface area contributed by atoms with Crippen molar-refractivity contribution in [1.82, 2.24) is 0 Å². The van der Waals surface area contributed by atoms with Crippen molar-refractivity contribution >= 4 is 33.9 Å². The van der Waals surface area contributed by atoms with Gasteiger partial charge in [-0.1, -0.05) is 48.5 Å². The molecule has 4 aromatic rings. The van der Waals surface area contributed by atoms with Gasteiger partial charge in [0.2, 0.25) is 0 Å². The second-order valence-electron chi connectivity index (χ2n) is 9.13. The van der Waals surface area contributed by atoms with E-state index in [0.717, 1.165) is 10.8 Å². The fourth-order valence-corrected chi connectivity index (χ4v) is 4.63. The molecule has 1 N–H and O–H groups in total. The number of hydrogen-bond donors (Lipinski definition) is 1. The highest BCUT2D eigenvalue weighted by molar-refractivity contribution is 6.51. The number of nitrogens with zero attached hydrogens (tertiary/aromatic N) is 2. The summed E-state index contributed by atoms with van der Waals surface area (Å²) in [6.45, 7) is 3.82. The number of anilines is 1. The number of hydrogen-bond acceptors (Lipinski definition) is 5. The lowest BCUT2D eigenvalue weighted by atomic mass is 9.94. The van der Waals surface area contributed by atoms with Crippen LogP contribution in [0.2, 0.25) is 0 Å². The number of carbonyl (C=O) groups is 2. The van der Waals surface area contributed by atoms with Crippen molar-refractivity contribution in [3.8, 4) is 11.8 Å². The van der Waals surface area contributed by atoms with Gasteiger partial charge in [0.25, 0.3) is 11.7 Å². The number of Topliss-reactive ketones (excluding diaryl/α,β-unsaturated/α-hetero) is 1. The van der Waals surface area contributed by atoms with Crippen molar-refractivity contribution in [2.45, 2.75) is 26.0 Å². The third-order valence-corrected chi connectivity index (χ3v) is 6.29. The fourth-order valence-electron chi connectivity index (χ4n) is 4.63. The molecule has 1 fully saturated rings. The minimum absolute atomic E-state index is 0.00802. The van der Waals surface area contributed by atoms with Crippen LogP contribution in [-0.2, 0) is 9.59 Å². The van der Waals surface area contributed by atoms with E-state index in [9.17, 15) is 20.0 Å². The topological polar surface area (TPSA) is 90.6 Å². The fraction of sp³-hybridized carbons (Fsp3) is 0.129. The number of ketones is 1. The number of aliphatic hydroxyl groups excluding tert-OH is 1. The summed E-state index contributed by atoms with van der Waals surface area (Å²) in [5.74, 6) is -1.20. The standard InChI is InChI=1S/C31H24N2O4/c1-19(2)37-26-9-5-8-23(17-26)28-27(29(34)24-13-12-21-6-3-4-7-22(21)16-24)30(35)31(36)33(28)25-14-10-20(18-32)11-15-25/h3-17,19,28,34H,1-2H3/b29-27-. The van der Waals surface area contributed by atoms with Gasteiger partial charge < -0.3 is 9.84 Å². The first-order valence-electron chi connectivity index (χ1n) is 11.9. The molecule has 182 valence electrons. The van der Waals surface area contributed by atoms with Gasteiger partial charge >= 0.3 is 0 Å². The number of nitriles is 1. The van der Waals surface area contributed by atoms with Crippen molar-refractivity contribution in [1.29, 1.82) is 5.26 Å². The number of ether oxygens (including phenoxy) is 1. The zero-order chi connectivity index (χ0) is 26.1.